The molecule has 0 spiro atoms. The Morgan fingerprint density at radius 2 is 2.11 bits per heavy atom. The number of halogens is 1. The highest BCUT2D eigenvalue weighted by molar-refractivity contribution is 9.10. The van der Waals surface area contributed by atoms with Gasteiger partial charge in [0.2, 0.25) is 5.91 Å². The van der Waals surface area contributed by atoms with Crippen LogP contribution in [0.15, 0.2) is 44.2 Å². The molecule has 6 heteroatoms. The molecule has 100 valence electrons. The van der Waals surface area contributed by atoms with Crippen molar-refractivity contribution in [2.24, 2.45) is 0 Å². The van der Waals surface area contributed by atoms with Crippen LogP contribution < -0.4 is 5.32 Å². The lowest BCUT2D eigenvalue weighted by Gasteiger charge is -2.10. The molecular formula is C13H13BrN2O2S. The lowest BCUT2D eigenvalue weighted by Crippen LogP contribution is -2.22. The topological polar surface area (TPSA) is 55.1 Å². The number of nitrogens with zero attached hydrogens (tertiary/aromatic N) is 1. The number of carbonyl (C=O) groups excluding carboxylic acids is 1. The van der Waals surface area contributed by atoms with Gasteiger partial charge in [0.25, 0.3) is 0 Å². The van der Waals surface area contributed by atoms with Gasteiger partial charge in [-0.05, 0) is 38.1 Å². The number of hydrogen-bond donors (Lipinski definition) is 1. The van der Waals surface area contributed by atoms with Gasteiger partial charge in [-0.3, -0.25) is 4.79 Å². The zero-order valence-electron chi connectivity index (χ0n) is 10.5. The van der Waals surface area contributed by atoms with E-state index in [1.54, 1.807) is 13.0 Å². The molecule has 0 bridgehead atoms. The van der Waals surface area contributed by atoms with Gasteiger partial charge in [0.15, 0.2) is 5.82 Å². The zero-order valence-corrected chi connectivity index (χ0v) is 12.9. The van der Waals surface area contributed by atoms with Crippen LogP contribution in [0, 0.1) is 6.92 Å². The lowest BCUT2D eigenvalue weighted by atomic mass is 10.4. The molecule has 0 saturated carbocycles. The number of hydrogen-bond acceptors (Lipinski definition) is 4. The van der Waals surface area contributed by atoms with Crippen molar-refractivity contribution in [1.82, 2.24) is 5.16 Å². The number of aromatic nitrogens is 1. The molecule has 1 N–H and O–H groups in total. The molecule has 2 rings (SSSR count). The van der Waals surface area contributed by atoms with Crippen molar-refractivity contribution in [2.75, 3.05) is 5.32 Å². The summed E-state index contributed by atoms with van der Waals surface area (Å²) in [6.45, 7) is 3.64. The van der Waals surface area contributed by atoms with Crippen LogP contribution in [0.2, 0.25) is 0 Å². The van der Waals surface area contributed by atoms with Crippen molar-refractivity contribution < 1.29 is 9.32 Å². The van der Waals surface area contributed by atoms with Crippen LogP contribution in [-0.4, -0.2) is 16.3 Å². The van der Waals surface area contributed by atoms with Crippen molar-refractivity contribution >= 4 is 39.4 Å². The normalized spacial score (nSPS) is 12.2. The molecule has 4 nitrogen and oxygen atoms in total. The number of carbonyl (C=O) groups is 1. The Labute approximate surface area is 124 Å². The van der Waals surface area contributed by atoms with Crippen LogP contribution in [0.4, 0.5) is 5.82 Å². The summed E-state index contributed by atoms with van der Waals surface area (Å²) < 4.78 is 5.92. The van der Waals surface area contributed by atoms with Crippen LogP contribution in [0.5, 0.6) is 0 Å². The molecule has 0 fully saturated rings. The second-order valence-electron chi connectivity index (χ2n) is 4.03. The minimum Gasteiger partial charge on any atom is -0.360 e. The fourth-order valence-corrected chi connectivity index (χ4v) is 2.56. The summed E-state index contributed by atoms with van der Waals surface area (Å²) >= 11 is 4.88. The zero-order chi connectivity index (χ0) is 13.8. The van der Waals surface area contributed by atoms with Crippen molar-refractivity contribution in [3.63, 3.8) is 0 Å². The van der Waals surface area contributed by atoms with Crippen LogP contribution in [0.3, 0.4) is 0 Å². The summed E-state index contributed by atoms with van der Waals surface area (Å²) in [5, 5.41) is 6.24. The van der Waals surface area contributed by atoms with Crippen molar-refractivity contribution in [1.29, 1.82) is 0 Å². The number of nitrogens with one attached hydrogen (secondary N) is 1. The number of thioether (sulfide) groups is 1. The molecule has 1 amide bonds. The van der Waals surface area contributed by atoms with Gasteiger partial charge in [0, 0.05) is 15.4 Å². The van der Waals surface area contributed by atoms with Gasteiger partial charge in [-0.15, -0.1) is 11.8 Å². The minimum atomic E-state index is -0.210. The monoisotopic (exact) mass is 340 g/mol. The summed E-state index contributed by atoms with van der Waals surface area (Å²) in [5.74, 6) is 1.02. The van der Waals surface area contributed by atoms with E-state index in [0.717, 1.165) is 9.37 Å². The quantitative estimate of drug-likeness (QED) is 0.858. The predicted molar refractivity (Wildman–Crippen MR) is 79.3 cm³/mol. The Balaban J connectivity index is 1.94. The highest BCUT2D eigenvalue weighted by Crippen LogP contribution is 2.25. The summed E-state index contributed by atoms with van der Waals surface area (Å²) in [5.41, 5.74) is 0. The molecule has 2 aromatic rings. The highest BCUT2D eigenvalue weighted by Gasteiger charge is 2.15. The molecule has 0 aliphatic carbocycles. The lowest BCUT2D eigenvalue weighted by molar-refractivity contribution is -0.115. The third kappa shape index (κ3) is 4.11. The molecule has 0 aliphatic heterocycles. The van der Waals surface area contributed by atoms with E-state index in [1.807, 2.05) is 31.2 Å². The molecule has 1 heterocycles. The number of aryl methyl sites for hydroxylation is 1. The molecular weight excluding hydrogens is 328 g/mol. The van der Waals surface area contributed by atoms with Crippen molar-refractivity contribution in [3.8, 4) is 0 Å². The molecule has 1 aromatic heterocycles. The second-order valence-corrected chi connectivity index (χ2v) is 6.36. The average Bonchev–Trinajstić information content (AvgIpc) is 2.77. The first kappa shape index (κ1) is 14.1. The first-order valence-corrected chi connectivity index (χ1v) is 7.38. The van der Waals surface area contributed by atoms with Gasteiger partial charge in [-0.1, -0.05) is 21.1 Å². The Bertz CT molecular complexity index is 568. The molecule has 19 heavy (non-hydrogen) atoms. The largest absolute Gasteiger partial charge is 0.360 e. The Kier molecular flexibility index (Phi) is 4.66. The van der Waals surface area contributed by atoms with Gasteiger partial charge in [0.05, 0.1) is 5.25 Å². The summed E-state index contributed by atoms with van der Waals surface area (Å²) in [6, 6.07) is 9.54. The van der Waals surface area contributed by atoms with E-state index in [1.165, 1.54) is 11.8 Å². The first-order chi connectivity index (χ1) is 9.04. The third-order valence-electron chi connectivity index (χ3n) is 2.37. The third-order valence-corrected chi connectivity index (χ3v) is 4.02. The van der Waals surface area contributed by atoms with Crippen LogP contribution in [-0.2, 0) is 4.79 Å². The first-order valence-electron chi connectivity index (χ1n) is 5.71. The smallest absolute Gasteiger partial charge is 0.238 e. The number of benzene rings is 1. The van der Waals surface area contributed by atoms with E-state index >= 15 is 0 Å². The van der Waals surface area contributed by atoms with Crippen molar-refractivity contribution in [2.45, 2.75) is 24.0 Å². The molecule has 0 saturated heterocycles. The molecule has 1 atom stereocenters. The standard InChI is InChI=1S/C13H13BrN2O2S/c1-8-7-12(16-18-8)15-13(17)9(2)19-11-5-3-10(14)4-6-11/h3-7,9H,1-2H3,(H,15,16,17)/t9-/m1/s1. The number of amides is 1. The van der Waals surface area contributed by atoms with Crippen molar-refractivity contribution in [3.05, 3.63) is 40.6 Å². The maximum Gasteiger partial charge on any atom is 0.238 e. The summed E-state index contributed by atoms with van der Waals surface area (Å²) in [4.78, 5) is 13.0. The number of anilines is 1. The maximum absolute atomic E-state index is 12.0. The van der Waals surface area contributed by atoms with Gasteiger partial charge >= 0.3 is 0 Å². The van der Waals surface area contributed by atoms with E-state index < -0.39 is 0 Å². The Hall–Kier alpha value is -1.27. The Morgan fingerprint density at radius 3 is 2.68 bits per heavy atom. The average molecular weight is 341 g/mol. The van der Waals surface area contributed by atoms with Crippen LogP contribution in [0.25, 0.3) is 0 Å². The van der Waals surface area contributed by atoms with Gasteiger partial charge in [0.1, 0.15) is 5.76 Å². The van der Waals surface area contributed by atoms with Crippen LogP contribution >= 0.6 is 27.7 Å². The second kappa shape index (κ2) is 6.25. The van der Waals surface area contributed by atoms with E-state index in [0.29, 0.717) is 11.6 Å². The van der Waals surface area contributed by atoms with Gasteiger partial charge < -0.3 is 9.84 Å². The predicted octanol–water partition coefficient (Wildman–Crippen LogP) is 3.86. The van der Waals surface area contributed by atoms with E-state index in [2.05, 4.69) is 26.4 Å². The van der Waals surface area contributed by atoms with E-state index in [4.69, 9.17) is 4.52 Å². The fraction of sp³-hybridized carbons (Fsp3) is 0.231. The molecule has 0 unspecified atom stereocenters. The molecule has 1 aromatic carbocycles. The highest BCUT2D eigenvalue weighted by atomic mass is 79.9. The SMILES string of the molecule is Cc1cc(NC(=O)[C@@H](C)Sc2ccc(Br)cc2)no1. The van der Waals surface area contributed by atoms with Crippen LogP contribution in [0.1, 0.15) is 12.7 Å². The summed E-state index contributed by atoms with van der Waals surface area (Å²) in [6.07, 6.45) is 0. The van der Waals surface area contributed by atoms with Gasteiger partial charge in [-0.2, -0.15) is 0 Å². The maximum atomic E-state index is 12.0. The molecule has 0 aliphatic rings. The Morgan fingerprint density at radius 1 is 1.42 bits per heavy atom. The van der Waals surface area contributed by atoms with E-state index in [-0.39, 0.29) is 11.2 Å². The minimum absolute atomic E-state index is 0.0961. The van der Waals surface area contributed by atoms with E-state index in [9.17, 15) is 4.79 Å². The van der Waals surface area contributed by atoms with Gasteiger partial charge in [-0.25, -0.2) is 0 Å². The summed E-state index contributed by atoms with van der Waals surface area (Å²) in [7, 11) is 0. The molecule has 0 radical (unpaired) electrons. The fourth-order valence-electron chi connectivity index (χ4n) is 1.42. The number of rotatable bonds is 4.